The molecule has 0 unspecified atom stereocenters. The number of aliphatic hydroxyl groups is 1. The maximum Gasteiger partial charge on any atom is 0.0701 e. The summed E-state index contributed by atoms with van der Waals surface area (Å²) in [7, 11) is 0. The van der Waals surface area contributed by atoms with Gasteiger partial charge in [-0.15, -0.1) is 12.3 Å². The van der Waals surface area contributed by atoms with Gasteiger partial charge < -0.3 is 19.3 Å². The quantitative estimate of drug-likeness (QED) is 0.402. The summed E-state index contributed by atoms with van der Waals surface area (Å²) in [6.07, 6.45) is 5.68. The van der Waals surface area contributed by atoms with Crippen LogP contribution < -0.4 is 0 Å². The molecular formula is C10H18O4. The number of ether oxygens (including phenoxy) is 3. The van der Waals surface area contributed by atoms with Crippen molar-refractivity contribution in [2.24, 2.45) is 0 Å². The smallest absolute Gasteiger partial charge is 0.0701 e. The zero-order valence-corrected chi connectivity index (χ0v) is 8.41. The second-order valence-electron chi connectivity index (χ2n) is 2.51. The third-order valence-corrected chi connectivity index (χ3v) is 1.37. The predicted molar refractivity (Wildman–Crippen MR) is 53.0 cm³/mol. The summed E-state index contributed by atoms with van der Waals surface area (Å²) >= 11 is 0. The first-order chi connectivity index (χ1) is 6.91. The van der Waals surface area contributed by atoms with E-state index < -0.39 is 0 Å². The van der Waals surface area contributed by atoms with Gasteiger partial charge in [0.25, 0.3) is 0 Å². The molecule has 1 N–H and O–H groups in total. The van der Waals surface area contributed by atoms with Crippen LogP contribution in [0.3, 0.4) is 0 Å². The maximum absolute atomic E-state index is 8.39. The van der Waals surface area contributed by atoms with Crippen LogP contribution in [-0.2, 0) is 14.2 Å². The maximum atomic E-state index is 8.39. The number of terminal acetylenes is 1. The van der Waals surface area contributed by atoms with E-state index in [2.05, 4.69) is 5.92 Å². The van der Waals surface area contributed by atoms with E-state index in [0.717, 1.165) is 0 Å². The molecule has 0 fully saturated rings. The zero-order chi connectivity index (χ0) is 10.5. The Bertz CT molecular complexity index is 142. The number of aliphatic hydroxyl groups excluding tert-OH is 1. The molecule has 0 aromatic rings. The third-order valence-electron chi connectivity index (χ3n) is 1.37. The highest BCUT2D eigenvalue weighted by molar-refractivity contribution is 4.82. The summed E-state index contributed by atoms with van der Waals surface area (Å²) < 4.78 is 15.3. The molecule has 0 aromatic carbocycles. The SMILES string of the molecule is C#CCCOCCOCCOCCO. The lowest BCUT2D eigenvalue weighted by Crippen LogP contribution is -2.10. The van der Waals surface area contributed by atoms with Crippen LogP contribution in [0.2, 0.25) is 0 Å². The molecule has 0 saturated carbocycles. The fourth-order valence-corrected chi connectivity index (χ4v) is 0.738. The number of hydrogen-bond donors (Lipinski definition) is 1. The second kappa shape index (κ2) is 12.4. The van der Waals surface area contributed by atoms with Gasteiger partial charge in [-0.2, -0.15) is 0 Å². The van der Waals surface area contributed by atoms with Gasteiger partial charge in [0.15, 0.2) is 0 Å². The molecule has 0 saturated heterocycles. The minimum Gasteiger partial charge on any atom is -0.394 e. The minimum absolute atomic E-state index is 0.0508. The summed E-state index contributed by atoms with van der Waals surface area (Å²) in [5.74, 6) is 2.48. The van der Waals surface area contributed by atoms with Crippen molar-refractivity contribution in [3.05, 3.63) is 0 Å². The van der Waals surface area contributed by atoms with Crippen LogP contribution >= 0.6 is 0 Å². The van der Waals surface area contributed by atoms with Crippen molar-refractivity contribution in [2.45, 2.75) is 6.42 Å². The molecule has 0 aromatic heterocycles. The van der Waals surface area contributed by atoms with E-state index in [0.29, 0.717) is 46.1 Å². The molecule has 0 radical (unpaired) electrons. The Morgan fingerprint density at radius 3 is 1.86 bits per heavy atom. The van der Waals surface area contributed by atoms with Gasteiger partial charge in [-0.3, -0.25) is 0 Å². The first-order valence-electron chi connectivity index (χ1n) is 4.69. The standard InChI is InChI=1S/C10H18O4/c1-2-3-5-12-7-9-14-10-8-13-6-4-11/h1,11H,3-10H2. The second-order valence-corrected chi connectivity index (χ2v) is 2.51. The monoisotopic (exact) mass is 202 g/mol. The highest BCUT2D eigenvalue weighted by Crippen LogP contribution is 1.82. The van der Waals surface area contributed by atoms with Crippen LogP contribution in [0.4, 0.5) is 0 Å². The lowest BCUT2D eigenvalue weighted by molar-refractivity contribution is 0.00856. The highest BCUT2D eigenvalue weighted by Gasteiger charge is 1.90. The molecule has 0 amide bonds. The summed E-state index contributed by atoms with van der Waals surface area (Å²) in [6.45, 7) is 3.14. The van der Waals surface area contributed by atoms with E-state index in [-0.39, 0.29) is 6.61 Å². The van der Waals surface area contributed by atoms with Crippen LogP contribution in [0.5, 0.6) is 0 Å². The normalized spacial score (nSPS) is 10.0. The fraction of sp³-hybridized carbons (Fsp3) is 0.800. The van der Waals surface area contributed by atoms with Gasteiger partial charge in [-0.1, -0.05) is 0 Å². The molecule has 0 aliphatic heterocycles. The zero-order valence-electron chi connectivity index (χ0n) is 8.41. The summed E-state index contributed by atoms with van der Waals surface area (Å²) in [6, 6.07) is 0. The molecule has 0 atom stereocenters. The topological polar surface area (TPSA) is 47.9 Å². The van der Waals surface area contributed by atoms with Crippen LogP contribution in [0, 0.1) is 12.3 Å². The highest BCUT2D eigenvalue weighted by atomic mass is 16.5. The van der Waals surface area contributed by atoms with Gasteiger partial charge in [0, 0.05) is 6.42 Å². The summed E-state index contributed by atoms with van der Waals surface area (Å²) in [4.78, 5) is 0. The molecule has 0 rings (SSSR count). The summed E-state index contributed by atoms with van der Waals surface area (Å²) in [5.41, 5.74) is 0. The largest absolute Gasteiger partial charge is 0.394 e. The molecule has 0 spiro atoms. The van der Waals surface area contributed by atoms with Gasteiger partial charge in [0.2, 0.25) is 0 Å². The van der Waals surface area contributed by atoms with Crippen molar-refractivity contribution in [1.82, 2.24) is 0 Å². The van der Waals surface area contributed by atoms with Crippen molar-refractivity contribution < 1.29 is 19.3 Å². The van der Waals surface area contributed by atoms with Crippen LogP contribution in [0.25, 0.3) is 0 Å². The first-order valence-corrected chi connectivity index (χ1v) is 4.69. The van der Waals surface area contributed by atoms with Crippen LogP contribution in [0.1, 0.15) is 6.42 Å². The number of rotatable bonds is 10. The molecule has 4 heteroatoms. The van der Waals surface area contributed by atoms with E-state index in [9.17, 15) is 0 Å². The molecule has 0 heterocycles. The average Bonchev–Trinajstić information content (AvgIpc) is 2.21. The third kappa shape index (κ3) is 11.4. The van der Waals surface area contributed by atoms with Crippen molar-refractivity contribution in [2.75, 3.05) is 46.2 Å². The molecule has 0 bridgehead atoms. The summed E-state index contributed by atoms with van der Waals surface area (Å²) in [5, 5.41) is 8.39. The Balaban J connectivity index is 2.82. The van der Waals surface area contributed by atoms with Gasteiger partial charge in [0.05, 0.1) is 46.2 Å². The van der Waals surface area contributed by atoms with Gasteiger partial charge >= 0.3 is 0 Å². The first kappa shape index (κ1) is 13.4. The lowest BCUT2D eigenvalue weighted by atomic mass is 10.5. The number of hydrogen-bond acceptors (Lipinski definition) is 4. The Kier molecular flexibility index (Phi) is 11.9. The molecule has 4 nitrogen and oxygen atoms in total. The van der Waals surface area contributed by atoms with Gasteiger partial charge in [-0.05, 0) is 0 Å². The van der Waals surface area contributed by atoms with E-state index in [1.54, 1.807) is 0 Å². The molecule has 0 aliphatic carbocycles. The van der Waals surface area contributed by atoms with Crippen LogP contribution in [-0.4, -0.2) is 51.4 Å². The van der Waals surface area contributed by atoms with Crippen LogP contribution in [0.15, 0.2) is 0 Å². The molecular weight excluding hydrogens is 184 g/mol. The predicted octanol–water partition coefficient (Wildman–Crippen LogP) is 0.0518. The van der Waals surface area contributed by atoms with Crippen molar-refractivity contribution in [1.29, 1.82) is 0 Å². The Morgan fingerprint density at radius 2 is 1.36 bits per heavy atom. The average molecular weight is 202 g/mol. The Labute approximate surface area is 85.2 Å². The Morgan fingerprint density at radius 1 is 0.857 bits per heavy atom. The van der Waals surface area contributed by atoms with Gasteiger partial charge in [-0.25, -0.2) is 0 Å². The van der Waals surface area contributed by atoms with E-state index >= 15 is 0 Å². The molecule has 82 valence electrons. The fourth-order valence-electron chi connectivity index (χ4n) is 0.738. The van der Waals surface area contributed by atoms with Crippen molar-refractivity contribution >= 4 is 0 Å². The molecule has 0 aliphatic rings. The van der Waals surface area contributed by atoms with Crippen molar-refractivity contribution in [3.8, 4) is 12.3 Å². The van der Waals surface area contributed by atoms with E-state index in [1.165, 1.54) is 0 Å². The lowest BCUT2D eigenvalue weighted by Gasteiger charge is -2.04. The van der Waals surface area contributed by atoms with E-state index in [1.807, 2.05) is 0 Å². The Hall–Kier alpha value is -0.600. The van der Waals surface area contributed by atoms with Crippen molar-refractivity contribution in [3.63, 3.8) is 0 Å². The van der Waals surface area contributed by atoms with E-state index in [4.69, 9.17) is 25.7 Å². The molecule has 14 heavy (non-hydrogen) atoms. The van der Waals surface area contributed by atoms with Gasteiger partial charge in [0.1, 0.15) is 0 Å². The minimum atomic E-state index is 0.0508.